The highest BCUT2D eigenvalue weighted by atomic mass is 16.5. The number of carbonyl (C=O) groups excluding carboxylic acids is 2. The molecule has 2 aliphatic rings. The molecule has 0 spiro atoms. The van der Waals surface area contributed by atoms with E-state index in [1.807, 2.05) is 0 Å². The van der Waals surface area contributed by atoms with Gasteiger partial charge in [0.1, 0.15) is 0 Å². The minimum Gasteiger partial charge on any atom is -0.466 e. The van der Waals surface area contributed by atoms with E-state index < -0.39 is 0 Å². The van der Waals surface area contributed by atoms with Crippen molar-refractivity contribution in [2.24, 2.45) is 23.7 Å². The third-order valence-electron chi connectivity index (χ3n) is 4.23. The maximum absolute atomic E-state index is 10.9. The summed E-state index contributed by atoms with van der Waals surface area (Å²) in [4.78, 5) is 21.7. The molecule has 4 atom stereocenters. The number of hydrogen-bond acceptors (Lipinski definition) is 4. The molecule has 17 heavy (non-hydrogen) atoms. The van der Waals surface area contributed by atoms with Crippen molar-refractivity contribution in [1.82, 2.24) is 0 Å². The molecule has 0 aromatic rings. The second-order valence-corrected chi connectivity index (χ2v) is 5.27. The first-order valence-corrected chi connectivity index (χ1v) is 6.34. The number of esters is 2. The van der Waals surface area contributed by atoms with Crippen molar-refractivity contribution in [2.45, 2.75) is 33.1 Å². The van der Waals surface area contributed by atoms with E-state index in [0.29, 0.717) is 36.9 Å². The van der Waals surface area contributed by atoms with Crippen LogP contribution in [0, 0.1) is 23.7 Å². The van der Waals surface area contributed by atoms with E-state index in [1.54, 1.807) is 0 Å². The third-order valence-corrected chi connectivity index (χ3v) is 4.23. The Morgan fingerprint density at radius 3 is 1.71 bits per heavy atom. The highest BCUT2D eigenvalue weighted by Gasteiger charge is 2.48. The predicted molar refractivity (Wildman–Crippen MR) is 61.1 cm³/mol. The molecular formula is C13H20O4. The van der Waals surface area contributed by atoms with Crippen molar-refractivity contribution in [3.63, 3.8) is 0 Å². The van der Waals surface area contributed by atoms with E-state index in [9.17, 15) is 9.59 Å². The molecule has 2 bridgehead atoms. The van der Waals surface area contributed by atoms with Crippen molar-refractivity contribution in [3.8, 4) is 0 Å². The van der Waals surface area contributed by atoms with E-state index in [-0.39, 0.29) is 11.9 Å². The molecule has 96 valence electrons. The van der Waals surface area contributed by atoms with Gasteiger partial charge in [-0.25, -0.2) is 0 Å². The first-order chi connectivity index (χ1) is 8.08. The zero-order chi connectivity index (χ0) is 12.4. The summed E-state index contributed by atoms with van der Waals surface area (Å²) < 4.78 is 10.3. The molecule has 2 rings (SSSR count). The molecule has 0 aromatic carbocycles. The van der Waals surface area contributed by atoms with Gasteiger partial charge in [0.2, 0.25) is 0 Å². The van der Waals surface area contributed by atoms with Crippen molar-refractivity contribution in [3.05, 3.63) is 0 Å². The molecule has 0 radical (unpaired) electrons. The van der Waals surface area contributed by atoms with Gasteiger partial charge >= 0.3 is 11.9 Å². The van der Waals surface area contributed by atoms with Crippen LogP contribution in [0.1, 0.15) is 33.1 Å². The Hall–Kier alpha value is -1.06. The summed E-state index contributed by atoms with van der Waals surface area (Å²) in [6, 6.07) is 0. The number of hydrogen-bond donors (Lipinski definition) is 0. The lowest BCUT2D eigenvalue weighted by molar-refractivity contribution is -0.148. The Balaban J connectivity index is 1.91. The van der Waals surface area contributed by atoms with Crippen molar-refractivity contribution < 1.29 is 19.1 Å². The van der Waals surface area contributed by atoms with Crippen LogP contribution >= 0.6 is 0 Å². The van der Waals surface area contributed by atoms with Crippen LogP contribution in [0.4, 0.5) is 0 Å². The molecule has 2 saturated carbocycles. The molecule has 0 heterocycles. The molecule has 4 heteroatoms. The minimum absolute atomic E-state index is 0.223. The fraction of sp³-hybridized carbons (Fsp3) is 0.846. The maximum Gasteiger partial charge on any atom is 0.302 e. The second-order valence-electron chi connectivity index (χ2n) is 5.27. The Morgan fingerprint density at radius 2 is 1.35 bits per heavy atom. The lowest BCUT2D eigenvalue weighted by atomic mass is 9.80. The Morgan fingerprint density at radius 1 is 0.941 bits per heavy atom. The van der Waals surface area contributed by atoms with Crippen LogP contribution in [0.2, 0.25) is 0 Å². The van der Waals surface area contributed by atoms with Crippen LogP contribution in [-0.2, 0) is 19.1 Å². The molecule has 4 nitrogen and oxygen atoms in total. The average molecular weight is 240 g/mol. The molecule has 0 saturated heterocycles. The minimum atomic E-state index is -0.223. The lowest BCUT2D eigenvalue weighted by Gasteiger charge is -2.30. The predicted octanol–water partition coefficient (Wildman–Crippen LogP) is 1.77. The summed E-state index contributed by atoms with van der Waals surface area (Å²) in [5.41, 5.74) is 0. The number of fused-ring (bicyclic) bond motifs is 2. The van der Waals surface area contributed by atoms with Gasteiger partial charge in [-0.15, -0.1) is 0 Å². The fourth-order valence-electron chi connectivity index (χ4n) is 3.48. The molecule has 2 aliphatic carbocycles. The van der Waals surface area contributed by atoms with Gasteiger partial charge in [-0.05, 0) is 31.1 Å². The molecule has 0 N–H and O–H groups in total. The summed E-state index contributed by atoms with van der Waals surface area (Å²) in [7, 11) is 0. The molecule has 0 unspecified atom stereocenters. The first kappa shape index (κ1) is 12.4. The highest BCUT2D eigenvalue weighted by molar-refractivity contribution is 5.66. The fourth-order valence-corrected chi connectivity index (χ4v) is 3.48. The Kier molecular flexibility index (Phi) is 3.69. The average Bonchev–Trinajstić information content (AvgIpc) is 2.83. The standard InChI is InChI=1S/C13H20O4/c1-8(14)16-6-12-10-3-4-11(5-10)13(12)7-17-9(2)15/h10-13H,3-7H2,1-2H3/t10-,11+,12+,13-. The van der Waals surface area contributed by atoms with Crippen LogP contribution in [0.3, 0.4) is 0 Å². The van der Waals surface area contributed by atoms with Crippen LogP contribution < -0.4 is 0 Å². The topological polar surface area (TPSA) is 52.6 Å². The SMILES string of the molecule is CC(=O)OC[C@@H]1[C@H]2CC[C@H](C2)[C@@H]1COC(C)=O. The van der Waals surface area contributed by atoms with Gasteiger partial charge in [0.15, 0.2) is 0 Å². The maximum atomic E-state index is 10.9. The zero-order valence-electron chi connectivity index (χ0n) is 10.5. The Bertz CT molecular complexity index is 283. The van der Waals surface area contributed by atoms with Crippen molar-refractivity contribution in [2.75, 3.05) is 13.2 Å². The van der Waals surface area contributed by atoms with Gasteiger partial charge < -0.3 is 9.47 Å². The van der Waals surface area contributed by atoms with Crippen LogP contribution in [0.5, 0.6) is 0 Å². The molecule has 0 aromatic heterocycles. The first-order valence-electron chi connectivity index (χ1n) is 6.34. The van der Waals surface area contributed by atoms with Gasteiger partial charge in [-0.3, -0.25) is 9.59 Å². The smallest absolute Gasteiger partial charge is 0.302 e. The van der Waals surface area contributed by atoms with Crippen LogP contribution in [0.15, 0.2) is 0 Å². The lowest BCUT2D eigenvalue weighted by Crippen LogP contribution is -2.31. The van der Waals surface area contributed by atoms with Crippen molar-refractivity contribution in [1.29, 1.82) is 0 Å². The normalized spacial score (nSPS) is 34.7. The molecule has 2 fully saturated rings. The summed E-state index contributed by atoms with van der Waals surface area (Å²) in [6.07, 6.45) is 3.66. The Labute approximate surface area is 102 Å². The molecule has 0 amide bonds. The van der Waals surface area contributed by atoms with E-state index in [0.717, 1.165) is 0 Å². The van der Waals surface area contributed by atoms with Crippen LogP contribution in [0.25, 0.3) is 0 Å². The van der Waals surface area contributed by atoms with E-state index in [2.05, 4.69) is 0 Å². The van der Waals surface area contributed by atoms with Gasteiger partial charge in [-0.2, -0.15) is 0 Å². The second kappa shape index (κ2) is 5.07. The summed E-state index contributed by atoms with van der Waals surface area (Å²) >= 11 is 0. The summed E-state index contributed by atoms with van der Waals surface area (Å²) in [6.45, 7) is 3.85. The monoisotopic (exact) mass is 240 g/mol. The molecule has 0 aliphatic heterocycles. The van der Waals surface area contributed by atoms with Crippen molar-refractivity contribution >= 4 is 11.9 Å². The number of ether oxygens (including phenoxy) is 2. The zero-order valence-corrected chi connectivity index (χ0v) is 10.5. The quantitative estimate of drug-likeness (QED) is 0.703. The number of carbonyl (C=O) groups is 2. The highest BCUT2D eigenvalue weighted by Crippen LogP contribution is 2.52. The van der Waals surface area contributed by atoms with E-state index in [1.165, 1.54) is 33.1 Å². The summed E-state index contributed by atoms with van der Waals surface area (Å²) in [5.74, 6) is 1.63. The van der Waals surface area contributed by atoms with E-state index in [4.69, 9.17) is 9.47 Å². The van der Waals surface area contributed by atoms with Gasteiger partial charge in [0, 0.05) is 25.7 Å². The van der Waals surface area contributed by atoms with Gasteiger partial charge in [-0.1, -0.05) is 0 Å². The van der Waals surface area contributed by atoms with Gasteiger partial charge in [0.25, 0.3) is 0 Å². The third kappa shape index (κ3) is 2.79. The largest absolute Gasteiger partial charge is 0.466 e. The summed E-state index contributed by atoms with van der Waals surface area (Å²) in [5, 5.41) is 0. The number of rotatable bonds is 4. The van der Waals surface area contributed by atoms with E-state index >= 15 is 0 Å². The van der Waals surface area contributed by atoms with Crippen LogP contribution in [-0.4, -0.2) is 25.2 Å². The van der Waals surface area contributed by atoms with Gasteiger partial charge in [0.05, 0.1) is 13.2 Å². The molecular weight excluding hydrogens is 220 g/mol.